The van der Waals surface area contributed by atoms with E-state index in [4.69, 9.17) is 14.6 Å². The average molecular weight is 253 g/mol. The third kappa shape index (κ3) is 4.20. The first-order valence-corrected chi connectivity index (χ1v) is 6.30. The number of rotatable bonds is 8. The van der Waals surface area contributed by atoms with Crippen LogP contribution in [0, 0.1) is 0 Å². The Bertz CT molecular complexity index is 355. The first kappa shape index (κ1) is 14.8. The highest BCUT2D eigenvalue weighted by molar-refractivity contribution is 5.40. The lowest BCUT2D eigenvalue weighted by Gasteiger charge is -2.17. The number of methoxy groups -OCH3 is 2. The lowest BCUT2D eigenvalue weighted by Crippen LogP contribution is -2.29. The minimum absolute atomic E-state index is 0.209. The molecule has 0 heterocycles. The first-order chi connectivity index (χ1) is 8.74. The molecule has 1 unspecified atom stereocenters. The average Bonchev–Trinajstić information content (AvgIpc) is 2.43. The van der Waals surface area contributed by atoms with Crippen LogP contribution in [0.3, 0.4) is 0 Å². The van der Waals surface area contributed by atoms with Gasteiger partial charge in [-0.3, -0.25) is 0 Å². The Kier molecular flexibility index (Phi) is 6.54. The summed E-state index contributed by atoms with van der Waals surface area (Å²) in [6.45, 7) is 3.02. The van der Waals surface area contributed by atoms with Crippen molar-refractivity contribution in [3.63, 3.8) is 0 Å². The highest BCUT2D eigenvalue weighted by atomic mass is 16.5. The van der Waals surface area contributed by atoms with Crippen LogP contribution in [-0.2, 0) is 6.54 Å². The van der Waals surface area contributed by atoms with Gasteiger partial charge in [0.05, 0.1) is 14.2 Å². The van der Waals surface area contributed by atoms with Crippen LogP contribution in [0.15, 0.2) is 18.2 Å². The lowest BCUT2D eigenvalue weighted by atomic mass is 10.1. The zero-order chi connectivity index (χ0) is 13.4. The van der Waals surface area contributed by atoms with Crippen molar-refractivity contribution in [1.82, 2.24) is 5.32 Å². The Morgan fingerprint density at radius 2 is 2.06 bits per heavy atom. The summed E-state index contributed by atoms with van der Waals surface area (Å²) < 4.78 is 10.5. The van der Waals surface area contributed by atoms with Crippen LogP contribution in [0.5, 0.6) is 11.5 Å². The maximum absolute atomic E-state index is 8.96. The summed E-state index contributed by atoms with van der Waals surface area (Å²) in [6.07, 6.45) is 1.76. The molecule has 1 aromatic rings. The zero-order valence-electron chi connectivity index (χ0n) is 11.4. The summed E-state index contributed by atoms with van der Waals surface area (Å²) in [5.74, 6) is 1.67. The van der Waals surface area contributed by atoms with Crippen molar-refractivity contribution < 1.29 is 14.6 Å². The van der Waals surface area contributed by atoms with Crippen molar-refractivity contribution in [3.05, 3.63) is 23.8 Å². The molecule has 0 aromatic heterocycles. The van der Waals surface area contributed by atoms with Crippen LogP contribution in [0.25, 0.3) is 0 Å². The van der Waals surface area contributed by atoms with Crippen LogP contribution in [-0.4, -0.2) is 32.0 Å². The van der Waals surface area contributed by atoms with Gasteiger partial charge in [-0.2, -0.15) is 0 Å². The van der Waals surface area contributed by atoms with E-state index in [9.17, 15) is 0 Å². The summed E-state index contributed by atoms with van der Waals surface area (Å²) in [6, 6.07) is 6.08. The number of ether oxygens (including phenoxy) is 2. The van der Waals surface area contributed by atoms with Gasteiger partial charge in [-0.15, -0.1) is 0 Å². The van der Waals surface area contributed by atoms with Crippen molar-refractivity contribution in [2.75, 3.05) is 20.8 Å². The molecule has 0 amide bonds. The normalized spacial score (nSPS) is 12.2. The number of hydrogen-bond donors (Lipinski definition) is 2. The standard InChI is InChI=1S/C14H23NO3/c1-4-12(7-8-16)15-10-11-9-13(17-2)5-6-14(11)18-3/h5-6,9,12,15-16H,4,7-8,10H2,1-3H3. The van der Waals surface area contributed by atoms with Gasteiger partial charge in [-0.05, 0) is 31.0 Å². The number of aliphatic hydroxyl groups is 1. The molecule has 1 aromatic carbocycles. The second-order valence-electron chi connectivity index (χ2n) is 4.18. The maximum Gasteiger partial charge on any atom is 0.123 e. The molecule has 4 nitrogen and oxygen atoms in total. The van der Waals surface area contributed by atoms with E-state index in [0.717, 1.165) is 29.9 Å². The van der Waals surface area contributed by atoms with E-state index in [0.29, 0.717) is 12.6 Å². The Hall–Kier alpha value is -1.26. The third-order valence-corrected chi connectivity index (χ3v) is 3.04. The van der Waals surface area contributed by atoms with E-state index in [-0.39, 0.29) is 6.61 Å². The van der Waals surface area contributed by atoms with E-state index in [2.05, 4.69) is 12.2 Å². The Labute approximate surface area is 109 Å². The summed E-state index contributed by atoms with van der Waals surface area (Å²) >= 11 is 0. The van der Waals surface area contributed by atoms with E-state index >= 15 is 0 Å². The second-order valence-corrected chi connectivity index (χ2v) is 4.18. The molecule has 0 aliphatic carbocycles. The van der Waals surface area contributed by atoms with Gasteiger partial charge in [0, 0.05) is 24.8 Å². The van der Waals surface area contributed by atoms with Crippen molar-refractivity contribution in [1.29, 1.82) is 0 Å². The molecule has 0 radical (unpaired) electrons. The fourth-order valence-corrected chi connectivity index (χ4v) is 1.88. The summed E-state index contributed by atoms with van der Waals surface area (Å²) in [5.41, 5.74) is 1.06. The molecule has 0 fully saturated rings. The highest BCUT2D eigenvalue weighted by Crippen LogP contribution is 2.23. The molecular formula is C14H23NO3. The van der Waals surface area contributed by atoms with E-state index in [1.165, 1.54) is 0 Å². The maximum atomic E-state index is 8.96. The number of nitrogens with one attached hydrogen (secondary N) is 1. The molecule has 0 spiro atoms. The number of hydrogen-bond acceptors (Lipinski definition) is 4. The minimum Gasteiger partial charge on any atom is -0.497 e. The lowest BCUT2D eigenvalue weighted by molar-refractivity contribution is 0.261. The predicted molar refractivity (Wildman–Crippen MR) is 72.2 cm³/mol. The molecule has 0 saturated heterocycles. The quantitative estimate of drug-likeness (QED) is 0.743. The highest BCUT2D eigenvalue weighted by Gasteiger charge is 2.08. The molecule has 0 aliphatic rings. The number of aliphatic hydroxyl groups excluding tert-OH is 1. The molecule has 1 rings (SSSR count). The largest absolute Gasteiger partial charge is 0.497 e. The van der Waals surface area contributed by atoms with E-state index in [1.807, 2.05) is 18.2 Å². The Morgan fingerprint density at radius 3 is 2.61 bits per heavy atom. The van der Waals surface area contributed by atoms with Crippen molar-refractivity contribution in [2.45, 2.75) is 32.4 Å². The fourth-order valence-electron chi connectivity index (χ4n) is 1.88. The van der Waals surface area contributed by atoms with Gasteiger partial charge in [-0.25, -0.2) is 0 Å². The molecule has 2 N–H and O–H groups in total. The van der Waals surface area contributed by atoms with Crippen molar-refractivity contribution >= 4 is 0 Å². The van der Waals surface area contributed by atoms with Gasteiger partial charge in [0.15, 0.2) is 0 Å². The van der Waals surface area contributed by atoms with Crippen LogP contribution in [0.2, 0.25) is 0 Å². The Balaban J connectivity index is 2.69. The molecule has 4 heteroatoms. The van der Waals surface area contributed by atoms with Gasteiger partial charge in [0.1, 0.15) is 11.5 Å². The van der Waals surface area contributed by atoms with E-state index in [1.54, 1.807) is 14.2 Å². The van der Waals surface area contributed by atoms with Crippen LogP contribution < -0.4 is 14.8 Å². The summed E-state index contributed by atoms with van der Waals surface area (Å²) in [4.78, 5) is 0. The van der Waals surface area contributed by atoms with Gasteiger partial charge in [0.2, 0.25) is 0 Å². The first-order valence-electron chi connectivity index (χ1n) is 6.30. The molecule has 0 bridgehead atoms. The van der Waals surface area contributed by atoms with Crippen molar-refractivity contribution in [2.24, 2.45) is 0 Å². The van der Waals surface area contributed by atoms with Gasteiger partial charge in [-0.1, -0.05) is 6.92 Å². The summed E-state index contributed by atoms with van der Waals surface area (Å²) in [5, 5.41) is 12.4. The molecule has 1 atom stereocenters. The molecule has 102 valence electrons. The van der Waals surface area contributed by atoms with Gasteiger partial charge >= 0.3 is 0 Å². The van der Waals surface area contributed by atoms with Crippen LogP contribution in [0.1, 0.15) is 25.3 Å². The van der Waals surface area contributed by atoms with Gasteiger partial charge < -0.3 is 19.9 Å². The Morgan fingerprint density at radius 1 is 1.28 bits per heavy atom. The summed E-state index contributed by atoms with van der Waals surface area (Å²) in [7, 11) is 3.32. The number of benzene rings is 1. The smallest absolute Gasteiger partial charge is 0.123 e. The predicted octanol–water partition coefficient (Wildman–Crippen LogP) is 1.95. The zero-order valence-corrected chi connectivity index (χ0v) is 11.4. The molecule has 0 saturated carbocycles. The second kappa shape index (κ2) is 7.95. The third-order valence-electron chi connectivity index (χ3n) is 3.04. The van der Waals surface area contributed by atoms with Crippen LogP contribution >= 0.6 is 0 Å². The van der Waals surface area contributed by atoms with Gasteiger partial charge in [0.25, 0.3) is 0 Å². The minimum atomic E-state index is 0.209. The monoisotopic (exact) mass is 253 g/mol. The topological polar surface area (TPSA) is 50.7 Å². The molecular weight excluding hydrogens is 230 g/mol. The van der Waals surface area contributed by atoms with E-state index < -0.39 is 0 Å². The van der Waals surface area contributed by atoms with Crippen LogP contribution in [0.4, 0.5) is 0 Å². The molecule has 18 heavy (non-hydrogen) atoms. The molecule has 0 aliphatic heterocycles. The van der Waals surface area contributed by atoms with Crippen molar-refractivity contribution in [3.8, 4) is 11.5 Å². The SMILES string of the molecule is CCC(CCO)NCc1cc(OC)ccc1OC. The fraction of sp³-hybridized carbons (Fsp3) is 0.571.